The lowest BCUT2D eigenvalue weighted by Gasteiger charge is -2.12. The van der Waals surface area contributed by atoms with Crippen molar-refractivity contribution in [2.24, 2.45) is 12.0 Å². The minimum atomic E-state index is -4.50. The number of nitrogens with one attached hydrogen (secondary N) is 3. The smallest absolute Gasteiger partial charge is 0.357 e. The maximum atomic E-state index is 12.6. The number of aliphatic imine (C=N–C) groups is 1. The summed E-state index contributed by atoms with van der Waals surface area (Å²) in [7, 11) is 1.77. The zero-order valence-corrected chi connectivity index (χ0v) is 17.1. The summed E-state index contributed by atoms with van der Waals surface area (Å²) < 4.78 is 39.5. The molecule has 0 amide bonds. The van der Waals surface area contributed by atoms with E-state index < -0.39 is 11.9 Å². The summed E-state index contributed by atoms with van der Waals surface area (Å²) in [5.41, 5.74) is -0.985. The number of guanidine groups is 1. The Balaban J connectivity index is 0.00000364. The third-order valence-corrected chi connectivity index (χ3v) is 3.17. The Hall–Kier alpha value is -2.19. The second-order valence-electron chi connectivity index (χ2n) is 5.11. The second kappa shape index (κ2) is 10.8. The number of aryl methyl sites for hydroxylation is 1. The van der Waals surface area contributed by atoms with E-state index in [1.807, 2.05) is 6.92 Å². The number of alkyl halides is 3. The van der Waals surface area contributed by atoms with E-state index >= 15 is 0 Å². The first-order chi connectivity index (χ1) is 12.4. The summed E-state index contributed by atoms with van der Waals surface area (Å²) in [6.07, 6.45) is -1.98. The van der Waals surface area contributed by atoms with E-state index in [2.05, 4.69) is 41.0 Å². The average Bonchev–Trinajstić information content (AvgIpc) is 3.01. The van der Waals surface area contributed by atoms with Crippen LogP contribution in [0.4, 0.5) is 19.1 Å². The molecule has 0 aliphatic carbocycles. The van der Waals surface area contributed by atoms with Gasteiger partial charge in [-0.2, -0.15) is 18.3 Å². The molecule has 2 heterocycles. The van der Waals surface area contributed by atoms with E-state index in [1.54, 1.807) is 11.7 Å². The van der Waals surface area contributed by atoms with E-state index in [0.717, 1.165) is 12.3 Å². The number of halogens is 4. The highest BCUT2D eigenvalue weighted by Gasteiger charge is 2.32. The molecule has 0 saturated carbocycles. The molecule has 2 aromatic rings. The summed E-state index contributed by atoms with van der Waals surface area (Å²) in [5.74, 6) is 1.18. The number of nitrogens with zero attached hydrogens (tertiary/aromatic N) is 6. The van der Waals surface area contributed by atoms with Crippen LogP contribution in [0.25, 0.3) is 0 Å². The summed E-state index contributed by atoms with van der Waals surface area (Å²) in [6.45, 7) is 3.65. The van der Waals surface area contributed by atoms with Gasteiger partial charge in [0.25, 0.3) is 0 Å². The summed E-state index contributed by atoms with van der Waals surface area (Å²) in [5, 5.41) is 12.8. The fourth-order valence-electron chi connectivity index (χ4n) is 1.91. The quantitative estimate of drug-likeness (QED) is 0.229. The van der Waals surface area contributed by atoms with E-state index in [0.29, 0.717) is 38.0 Å². The molecule has 27 heavy (non-hydrogen) atoms. The highest BCUT2D eigenvalue weighted by Crippen LogP contribution is 2.27. The second-order valence-corrected chi connectivity index (χ2v) is 5.11. The van der Waals surface area contributed by atoms with Gasteiger partial charge in [-0.05, 0) is 13.0 Å². The first-order valence-corrected chi connectivity index (χ1v) is 7.89. The van der Waals surface area contributed by atoms with E-state index in [4.69, 9.17) is 0 Å². The van der Waals surface area contributed by atoms with Crippen LogP contribution in [0.3, 0.4) is 0 Å². The zero-order chi connectivity index (χ0) is 19.0. The van der Waals surface area contributed by atoms with Crippen LogP contribution in [0.2, 0.25) is 0 Å². The molecule has 150 valence electrons. The van der Waals surface area contributed by atoms with Gasteiger partial charge in [-0.15, -0.1) is 24.0 Å². The monoisotopic (exact) mass is 499 g/mol. The Morgan fingerprint density at radius 3 is 2.63 bits per heavy atom. The van der Waals surface area contributed by atoms with Crippen molar-refractivity contribution in [2.45, 2.75) is 19.6 Å². The Bertz CT molecular complexity index is 733. The van der Waals surface area contributed by atoms with Crippen molar-refractivity contribution in [3.05, 3.63) is 30.1 Å². The number of hydrogen-bond acceptors (Lipinski definition) is 6. The predicted molar refractivity (Wildman–Crippen MR) is 105 cm³/mol. The summed E-state index contributed by atoms with van der Waals surface area (Å²) in [6, 6.07) is 0.825. The number of hydrogen-bond donors (Lipinski definition) is 3. The van der Waals surface area contributed by atoms with Crippen molar-refractivity contribution in [3.8, 4) is 0 Å². The molecule has 0 radical (unpaired) electrons. The number of aromatic nitrogens is 5. The van der Waals surface area contributed by atoms with E-state index in [9.17, 15) is 13.2 Å². The zero-order valence-electron chi connectivity index (χ0n) is 14.8. The first kappa shape index (κ1) is 22.9. The number of anilines is 1. The molecule has 0 spiro atoms. The Morgan fingerprint density at radius 2 is 2.00 bits per heavy atom. The molecule has 0 saturated heterocycles. The molecular formula is C14H21F3IN9. The summed E-state index contributed by atoms with van der Waals surface area (Å²) in [4.78, 5) is 15.7. The maximum absolute atomic E-state index is 12.6. The lowest BCUT2D eigenvalue weighted by Crippen LogP contribution is -2.39. The SMILES string of the molecule is CCNC(=NCc1ncnn1C)NCCNc1nccc(C(F)(F)F)n1.I. The van der Waals surface area contributed by atoms with Crippen molar-refractivity contribution in [2.75, 3.05) is 25.0 Å². The third kappa shape index (κ3) is 7.52. The van der Waals surface area contributed by atoms with E-state index in [1.165, 1.54) is 6.33 Å². The molecule has 0 fully saturated rings. The van der Waals surface area contributed by atoms with Gasteiger partial charge in [0.15, 0.2) is 5.96 Å². The molecule has 0 bridgehead atoms. The van der Waals surface area contributed by atoms with Crippen LogP contribution in [-0.2, 0) is 19.8 Å². The molecule has 0 aliphatic rings. The van der Waals surface area contributed by atoms with Gasteiger partial charge in [-0.3, -0.25) is 4.68 Å². The van der Waals surface area contributed by atoms with Gasteiger partial charge in [0.1, 0.15) is 24.4 Å². The fraction of sp³-hybridized carbons (Fsp3) is 0.500. The largest absolute Gasteiger partial charge is 0.433 e. The highest BCUT2D eigenvalue weighted by atomic mass is 127. The average molecular weight is 499 g/mol. The minimum Gasteiger partial charge on any atom is -0.357 e. The standard InChI is InChI=1S/C14H20F3N9.HI/c1-3-18-12(22-8-11-23-9-24-26(11)2)20-6-7-21-13-19-5-4-10(25-13)14(15,16)17;/h4-5,9H,3,6-8H2,1-2H3,(H2,18,20,22)(H,19,21,25);1H. The molecular weight excluding hydrogens is 478 g/mol. The topological polar surface area (TPSA) is 105 Å². The molecule has 9 nitrogen and oxygen atoms in total. The molecule has 3 N–H and O–H groups in total. The van der Waals surface area contributed by atoms with Crippen LogP contribution < -0.4 is 16.0 Å². The van der Waals surface area contributed by atoms with E-state index in [-0.39, 0.29) is 29.9 Å². The molecule has 0 unspecified atom stereocenters. The lowest BCUT2D eigenvalue weighted by atomic mass is 10.4. The van der Waals surface area contributed by atoms with Crippen molar-refractivity contribution < 1.29 is 13.2 Å². The molecule has 13 heteroatoms. The predicted octanol–water partition coefficient (Wildman–Crippen LogP) is 1.41. The van der Waals surface area contributed by atoms with Crippen molar-refractivity contribution in [1.82, 2.24) is 35.4 Å². The molecule has 2 aromatic heterocycles. The minimum absolute atomic E-state index is 0. The Kier molecular flexibility index (Phi) is 9.17. The van der Waals surface area contributed by atoms with Crippen LogP contribution in [-0.4, -0.2) is 50.3 Å². The lowest BCUT2D eigenvalue weighted by molar-refractivity contribution is -0.141. The van der Waals surface area contributed by atoms with Crippen molar-refractivity contribution in [1.29, 1.82) is 0 Å². The van der Waals surface area contributed by atoms with Crippen molar-refractivity contribution >= 4 is 35.9 Å². The molecule has 0 atom stereocenters. The van der Waals surface area contributed by atoms with Crippen LogP contribution in [0.5, 0.6) is 0 Å². The van der Waals surface area contributed by atoms with Gasteiger partial charge in [-0.1, -0.05) is 0 Å². The normalized spacial score (nSPS) is 11.7. The van der Waals surface area contributed by atoms with Gasteiger partial charge in [0.05, 0.1) is 0 Å². The molecule has 0 aliphatic heterocycles. The van der Waals surface area contributed by atoms with Gasteiger partial charge >= 0.3 is 6.18 Å². The van der Waals surface area contributed by atoms with Gasteiger partial charge in [0.2, 0.25) is 5.95 Å². The maximum Gasteiger partial charge on any atom is 0.433 e. The highest BCUT2D eigenvalue weighted by molar-refractivity contribution is 14.0. The van der Waals surface area contributed by atoms with Crippen LogP contribution in [0.15, 0.2) is 23.6 Å². The van der Waals surface area contributed by atoms with Gasteiger partial charge < -0.3 is 16.0 Å². The fourth-order valence-corrected chi connectivity index (χ4v) is 1.91. The Morgan fingerprint density at radius 1 is 1.22 bits per heavy atom. The number of rotatable bonds is 7. The summed E-state index contributed by atoms with van der Waals surface area (Å²) >= 11 is 0. The van der Waals surface area contributed by atoms with Crippen molar-refractivity contribution in [3.63, 3.8) is 0 Å². The Labute approximate surface area is 171 Å². The van der Waals surface area contributed by atoms with Gasteiger partial charge in [-0.25, -0.2) is 19.9 Å². The van der Waals surface area contributed by atoms with Crippen LogP contribution in [0.1, 0.15) is 18.4 Å². The third-order valence-electron chi connectivity index (χ3n) is 3.17. The van der Waals surface area contributed by atoms with Gasteiger partial charge in [0, 0.05) is 32.9 Å². The van der Waals surface area contributed by atoms with Crippen LogP contribution in [0, 0.1) is 0 Å². The molecule has 0 aromatic carbocycles. The van der Waals surface area contributed by atoms with Crippen LogP contribution >= 0.6 is 24.0 Å². The molecule has 2 rings (SSSR count). The first-order valence-electron chi connectivity index (χ1n) is 7.89.